The molecule has 2 atom stereocenters. The van der Waals surface area contributed by atoms with Crippen LogP contribution in [0.15, 0.2) is 0 Å². The average molecular weight is 293 g/mol. The van der Waals surface area contributed by atoms with Crippen LogP contribution in [0.4, 0.5) is 0 Å². The molecular formula is C14H23N5O2. The minimum absolute atomic E-state index is 0.0670. The molecule has 2 aliphatic rings. The van der Waals surface area contributed by atoms with Crippen molar-refractivity contribution in [3.05, 3.63) is 11.6 Å². The third-order valence-electron chi connectivity index (χ3n) is 4.17. The quantitative estimate of drug-likeness (QED) is 0.818. The van der Waals surface area contributed by atoms with E-state index >= 15 is 0 Å². The fourth-order valence-electron chi connectivity index (χ4n) is 3.04. The maximum Gasteiger partial charge on any atom is 0.291 e. The van der Waals surface area contributed by atoms with Crippen LogP contribution in [0.3, 0.4) is 0 Å². The number of fused-ring (bicyclic) bond motifs is 1. The van der Waals surface area contributed by atoms with Crippen molar-refractivity contribution in [1.29, 1.82) is 0 Å². The van der Waals surface area contributed by atoms with Gasteiger partial charge in [-0.3, -0.25) is 14.8 Å². The number of aryl methyl sites for hydroxylation is 1. The molecule has 116 valence electrons. The molecule has 0 aliphatic carbocycles. The van der Waals surface area contributed by atoms with Gasteiger partial charge in [0, 0.05) is 25.6 Å². The van der Waals surface area contributed by atoms with Gasteiger partial charge >= 0.3 is 0 Å². The lowest BCUT2D eigenvalue weighted by molar-refractivity contribution is -0.0462. The van der Waals surface area contributed by atoms with Gasteiger partial charge in [-0.2, -0.15) is 0 Å². The Hall–Kier alpha value is -1.47. The van der Waals surface area contributed by atoms with Crippen molar-refractivity contribution < 1.29 is 9.53 Å². The van der Waals surface area contributed by atoms with Gasteiger partial charge in [-0.25, -0.2) is 4.98 Å². The summed E-state index contributed by atoms with van der Waals surface area (Å²) in [6.45, 7) is 5.41. The fourth-order valence-corrected chi connectivity index (χ4v) is 3.04. The molecule has 7 heteroatoms. The van der Waals surface area contributed by atoms with Crippen LogP contribution >= 0.6 is 0 Å². The Labute approximate surface area is 124 Å². The number of amides is 1. The summed E-state index contributed by atoms with van der Waals surface area (Å²) in [7, 11) is 0. The summed E-state index contributed by atoms with van der Waals surface area (Å²) < 4.78 is 5.82. The Kier molecular flexibility index (Phi) is 4.50. The maximum atomic E-state index is 12.0. The summed E-state index contributed by atoms with van der Waals surface area (Å²) in [5.41, 5.74) is 0. The normalized spacial score (nSPS) is 25.8. The number of H-pyrrole nitrogens is 1. The third kappa shape index (κ3) is 3.41. The van der Waals surface area contributed by atoms with E-state index < -0.39 is 0 Å². The lowest BCUT2D eigenvalue weighted by Gasteiger charge is -2.35. The summed E-state index contributed by atoms with van der Waals surface area (Å²) in [5, 5.41) is 9.62. The van der Waals surface area contributed by atoms with Crippen LogP contribution in [-0.4, -0.2) is 64.4 Å². The lowest BCUT2D eigenvalue weighted by atomic mass is 10.2. The van der Waals surface area contributed by atoms with Crippen molar-refractivity contribution in [2.24, 2.45) is 0 Å². The summed E-state index contributed by atoms with van der Waals surface area (Å²) in [4.78, 5) is 18.7. The van der Waals surface area contributed by atoms with E-state index in [9.17, 15) is 4.79 Å². The Balaban J connectivity index is 1.46. The molecule has 0 aromatic carbocycles. The van der Waals surface area contributed by atoms with Gasteiger partial charge in [0.05, 0.1) is 12.7 Å². The second-order valence-corrected chi connectivity index (χ2v) is 5.81. The molecule has 0 radical (unpaired) electrons. The van der Waals surface area contributed by atoms with E-state index in [0.717, 1.165) is 38.4 Å². The van der Waals surface area contributed by atoms with Crippen LogP contribution in [0.2, 0.25) is 0 Å². The number of carbonyl (C=O) groups is 1. The lowest BCUT2D eigenvalue weighted by Crippen LogP contribution is -2.50. The minimum atomic E-state index is -0.235. The zero-order valence-corrected chi connectivity index (χ0v) is 12.5. The van der Waals surface area contributed by atoms with Gasteiger partial charge in [0.2, 0.25) is 5.82 Å². The predicted octanol–water partition coefficient (Wildman–Crippen LogP) is 0.350. The maximum absolute atomic E-state index is 12.0. The largest absolute Gasteiger partial charge is 0.373 e. The van der Waals surface area contributed by atoms with Gasteiger partial charge in [-0.05, 0) is 25.8 Å². The number of morpholine rings is 1. The second-order valence-electron chi connectivity index (χ2n) is 5.81. The monoisotopic (exact) mass is 293 g/mol. The number of rotatable bonds is 5. The smallest absolute Gasteiger partial charge is 0.291 e. The Morgan fingerprint density at radius 3 is 3.33 bits per heavy atom. The number of ether oxygens (including phenoxy) is 1. The van der Waals surface area contributed by atoms with Gasteiger partial charge in [0.1, 0.15) is 5.82 Å². The van der Waals surface area contributed by atoms with Crippen LogP contribution in [0.1, 0.15) is 42.6 Å². The van der Waals surface area contributed by atoms with E-state index in [-0.39, 0.29) is 17.8 Å². The zero-order valence-electron chi connectivity index (χ0n) is 12.5. The predicted molar refractivity (Wildman–Crippen MR) is 77.0 cm³/mol. The first-order chi connectivity index (χ1) is 10.3. The van der Waals surface area contributed by atoms with E-state index in [1.54, 1.807) is 0 Å². The van der Waals surface area contributed by atoms with Crippen molar-refractivity contribution in [2.75, 3.05) is 26.2 Å². The molecule has 2 saturated heterocycles. The number of hydrogen-bond acceptors (Lipinski definition) is 5. The first-order valence-corrected chi connectivity index (χ1v) is 7.81. The zero-order chi connectivity index (χ0) is 14.7. The van der Waals surface area contributed by atoms with Crippen molar-refractivity contribution in [2.45, 2.75) is 44.8 Å². The molecule has 0 saturated carbocycles. The first-order valence-electron chi connectivity index (χ1n) is 7.81. The van der Waals surface area contributed by atoms with E-state index in [2.05, 4.69) is 32.3 Å². The topological polar surface area (TPSA) is 83.1 Å². The van der Waals surface area contributed by atoms with Crippen LogP contribution in [0.25, 0.3) is 0 Å². The van der Waals surface area contributed by atoms with Crippen LogP contribution in [0.5, 0.6) is 0 Å². The second kappa shape index (κ2) is 6.53. The van der Waals surface area contributed by atoms with E-state index in [1.807, 2.05) is 0 Å². The molecule has 1 amide bonds. The molecule has 2 fully saturated rings. The summed E-state index contributed by atoms with van der Waals surface area (Å²) in [5.74, 6) is 0.741. The Morgan fingerprint density at radius 1 is 1.57 bits per heavy atom. The van der Waals surface area contributed by atoms with Crippen molar-refractivity contribution in [3.8, 4) is 0 Å². The number of hydrogen-bond donors (Lipinski definition) is 2. The molecule has 2 unspecified atom stereocenters. The average Bonchev–Trinajstić information content (AvgIpc) is 3.13. The highest BCUT2D eigenvalue weighted by Crippen LogP contribution is 2.22. The number of nitrogens with one attached hydrogen (secondary N) is 2. The van der Waals surface area contributed by atoms with Gasteiger partial charge in [-0.15, -0.1) is 5.10 Å². The summed E-state index contributed by atoms with van der Waals surface area (Å²) in [6.07, 6.45) is 4.34. The van der Waals surface area contributed by atoms with Gasteiger partial charge in [0.25, 0.3) is 5.91 Å². The highest BCUT2D eigenvalue weighted by Gasteiger charge is 2.32. The molecule has 21 heavy (non-hydrogen) atoms. The minimum Gasteiger partial charge on any atom is -0.373 e. The molecule has 3 heterocycles. The fraction of sp³-hybridized carbons (Fsp3) is 0.786. The molecule has 3 rings (SSSR count). The third-order valence-corrected chi connectivity index (χ3v) is 4.17. The van der Waals surface area contributed by atoms with Crippen molar-refractivity contribution in [3.63, 3.8) is 0 Å². The summed E-state index contributed by atoms with van der Waals surface area (Å²) in [6, 6.07) is 0.585. The Morgan fingerprint density at radius 2 is 2.48 bits per heavy atom. The van der Waals surface area contributed by atoms with Crippen LogP contribution in [0, 0.1) is 0 Å². The van der Waals surface area contributed by atoms with Crippen LogP contribution < -0.4 is 5.32 Å². The molecule has 7 nitrogen and oxygen atoms in total. The summed E-state index contributed by atoms with van der Waals surface area (Å²) >= 11 is 0. The van der Waals surface area contributed by atoms with E-state index in [1.165, 1.54) is 12.8 Å². The van der Waals surface area contributed by atoms with Crippen LogP contribution in [-0.2, 0) is 11.2 Å². The molecule has 0 bridgehead atoms. The highest BCUT2D eigenvalue weighted by atomic mass is 16.5. The standard InChI is InChI=1S/C14H23N5O2/c1-2-4-12-16-13(18-17-12)14(20)15-7-11-8-19-6-3-5-10(19)9-21-11/h10-11H,2-9H2,1H3,(H,15,20)(H,16,17,18). The van der Waals surface area contributed by atoms with Crippen molar-refractivity contribution >= 4 is 5.91 Å². The van der Waals surface area contributed by atoms with E-state index in [0.29, 0.717) is 12.6 Å². The number of nitrogens with zero attached hydrogens (tertiary/aromatic N) is 3. The molecular weight excluding hydrogens is 270 g/mol. The van der Waals surface area contributed by atoms with Gasteiger partial charge < -0.3 is 10.1 Å². The Bertz CT molecular complexity index is 489. The number of aromatic amines is 1. The van der Waals surface area contributed by atoms with E-state index in [4.69, 9.17) is 4.74 Å². The molecule has 2 N–H and O–H groups in total. The highest BCUT2D eigenvalue weighted by molar-refractivity contribution is 5.90. The first kappa shape index (κ1) is 14.5. The van der Waals surface area contributed by atoms with Gasteiger partial charge in [0.15, 0.2) is 0 Å². The SMILES string of the molecule is CCCc1nc(C(=O)NCC2CN3CCCC3CO2)n[nH]1. The molecule has 1 aromatic rings. The molecule has 0 spiro atoms. The number of carbonyl (C=O) groups excluding carboxylic acids is 1. The molecule has 2 aliphatic heterocycles. The van der Waals surface area contributed by atoms with Crippen molar-refractivity contribution in [1.82, 2.24) is 25.4 Å². The number of aromatic nitrogens is 3. The van der Waals surface area contributed by atoms with Gasteiger partial charge in [-0.1, -0.05) is 6.92 Å². The molecule has 1 aromatic heterocycles.